The van der Waals surface area contributed by atoms with E-state index in [1.165, 1.54) is 23.3 Å². The predicted molar refractivity (Wildman–Crippen MR) is 87.5 cm³/mol. The Balaban J connectivity index is 1.66. The summed E-state index contributed by atoms with van der Waals surface area (Å²) in [7, 11) is 0. The molecule has 0 spiro atoms. The number of nitrogens with one attached hydrogen (secondary N) is 1. The van der Waals surface area contributed by atoms with Crippen LogP contribution in [0.1, 0.15) is 36.2 Å². The fourth-order valence-corrected chi connectivity index (χ4v) is 3.66. The third-order valence-electron chi connectivity index (χ3n) is 3.87. The zero-order valence-corrected chi connectivity index (χ0v) is 13.3. The zero-order valence-electron chi connectivity index (χ0n) is 11.7. The number of hydrogen-bond acceptors (Lipinski definition) is 2. The van der Waals surface area contributed by atoms with Crippen molar-refractivity contribution in [3.8, 4) is 0 Å². The van der Waals surface area contributed by atoms with Crippen LogP contribution in [0.4, 0.5) is 0 Å². The van der Waals surface area contributed by atoms with Gasteiger partial charge < -0.3 is 5.32 Å². The molecule has 1 fully saturated rings. The van der Waals surface area contributed by atoms with Gasteiger partial charge in [-0.1, -0.05) is 29.8 Å². The lowest BCUT2D eigenvalue weighted by molar-refractivity contribution is 0.418. The fourth-order valence-electron chi connectivity index (χ4n) is 2.70. The fraction of sp³-hybridized carbons (Fsp3) is 0.412. The molecule has 1 aliphatic carbocycles. The Kier molecular flexibility index (Phi) is 4.45. The van der Waals surface area contributed by atoms with Gasteiger partial charge in [0, 0.05) is 22.0 Å². The largest absolute Gasteiger partial charge is 0.307 e. The van der Waals surface area contributed by atoms with Gasteiger partial charge in [-0.2, -0.15) is 0 Å². The van der Waals surface area contributed by atoms with E-state index in [0.717, 1.165) is 17.4 Å². The Morgan fingerprint density at radius 1 is 1.25 bits per heavy atom. The lowest BCUT2D eigenvalue weighted by atomic mass is 10.0. The average molecular weight is 306 g/mol. The highest BCUT2D eigenvalue weighted by Crippen LogP contribution is 2.41. The summed E-state index contributed by atoms with van der Waals surface area (Å²) in [5.41, 5.74) is 1.37. The molecule has 20 heavy (non-hydrogen) atoms. The Bertz CT molecular complexity index is 531. The maximum atomic E-state index is 5.99. The van der Waals surface area contributed by atoms with Gasteiger partial charge in [-0.3, -0.25) is 0 Å². The molecule has 1 N–H and O–H groups in total. The lowest BCUT2D eigenvalue weighted by Gasteiger charge is -2.23. The van der Waals surface area contributed by atoms with Crippen LogP contribution in [0, 0.1) is 5.92 Å². The number of rotatable bonds is 6. The smallest absolute Gasteiger partial charge is 0.0406 e. The summed E-state index contributed by atoms with van der Waals surface area (Å²) >= 11 is 7.84. The van der Waals surface area contributed by atoms with Crippen molar-refractivity contribution in [2.24, 2.45) is 5.92 Å². The molecule has 0 amide bonds. The van der Waals surface area contributed by atoms with E-state index in [1.54, 1.807) is 0 Å². The maximum absolute atomic E-state index is 5.99. The van der Waals surface area contributed by atoms with Crippen molar-refractivity contribution in [3.05, 3.63) is 57.2 Å². The molecule has 1 nitrogen and oxygen atoms in total. The molecule has 1 saturated carbocycles. The Hall–Kier alpha value is -0.830. The van der Waals surface area contributed by atoms with E-state index in [0.29, 0.717) is 12.1 Å². The molecule has 1 aliphatic rings. The van der Waals surface area contributed by atoms with E-state index < -0.39 is 0 Å². The van der Waals surface area contributed by atoms with Crippen LogP contribution in [0.25, 0.3) is 0 Å². The van der Waals surface area contributed by atoms with Gasteiger partial charge in [-0.25, -0.2) is 0 Å². The van der Waals surface area contributed by atoms with E-state index in [-0.39, 0.29) is 0 Å². The Labute approximate surface area is 130 Å². The van der Waals surface area contributed by atoms with Gasteiger partial charge in [-0.15, -0.1) is 11.3 Å². The molecule has 2 atom stereocenters. The third kappa shape index (κ3) is 3.63. The van der Waals surface area contributed by atoms with E-state index in [4.69, 9.17) is 11.6 Å². The molecule has 1 aromatic carbocycles. The van der Waals surface area contributed by atoms with E-state index in [9.17, 15) is 0 Å². The highest BCUT2D eigenvalue weighted by molar-refractivity contribution is 7.09. The first kappa shape index (κ1) is 14.1. The van der Waals surface area contributed by atoms with Crippen LogP contribution < -0.4 is 5.32 Å². The maximum Gasteiger partial charge on any atom is 0.0406 e. The van der Waals surface area contributed by atoms with Crippen molar-refractivity contribution >= 4 is 22.9 Å². The van der Waals surface area contributed by atoms with Gasteiger partial charge in [0.2, 0.25) is 0 Å². The topological polar surface area (TPSA) is 12.0 Å². The van der Waals surface area contributed by atoms with Gasteiger partial charge in [0.1, 0.15) is 0 Å². The molecular weight excluding hydrogens is 286 g/mol. The first-order valence-electron chi connectivity index (χ1n) is 7.26. The van der Waals surface area contributed by atoms with Gasteiger partial charge in [0.25, 0.3) is 0 Å². The van der Waals surface area contributed by atoms with Gasteiger partial charge in [-0.05, 0) is 61.2 Å². The van der Waals surface area contributed by atoms with Crippen molar-refractivity contribution in [2.45, 2.75) is 38.3 Å². The first-order chi connectivity index (χ1) is 9.72. The van der Waals surface area contributed by atoms with Crippen LogP contribution in [-0.4, -0.2) is 6.04 Å². The van der Waals surface area contributed by atoms with Crippen molar-refractivity contribution in [3.63, 3.8) is 0 Å². The van der Waals surface area contributed by atoms with Crippen LogP contribution in [-0.2, 0) is 6.42 Å². The summed E-state index contributed by atoms with van der Waals surface area (Å²) < 4.78 is 0. The third-order valence-corrected chi connectivity index (χ3v) is 5.02. The Morgan fingerprint density at radius 2 is 2.00 bits per heavy atom. The van der Waals surface area contributed by atoms with Gasteiger partial charge in [0.05, 0.1) is 0 Å². The van der Waals surface area contributed by atoms with Gasteiger partial charge >= 0.3 is 0 Å². The van der Waals surface area contributed by atoms with Crippen LogP contribution >= 0.6 is 22.9 Å². The number of thiophene rings is 1. The molecular formula is C17H20ClNS. The zero-order chi connectivity index (χ0) is 13.9. The summed E-state index contributed by atoms with van der Waals surface area (Å²) in [5, 5.41) is 6.78. The van der Waals surface area contributed by atoms with E-state index in [2.05, 4.69) is 41.9 Å². The van der Waals surface area contributed by atoms with Crippen molar-refractivity contribution in [1.82, 2.24) is 5.32 Å². The second kappa shape index (κ2) is 6.30. The SMILES string of the molecule is CC(Cc1cccs1)NC(c1ccc(Cl)cc1)C1CC1. The standard InChI is InChI=1S/C17H20ClNS/c1-12(11-16-3-2-10-20-16)19-17(13-4-5-13)14-6-8-15(18)9-7-14/h2-3,6-10,12-13,17,19H,4-5,11H2,1H3. The lowest BCUT2D eigenvalue weighted by Crippen LogP contribution is -2.33. The summed E-state index contributed by atoms with van der Waals surface area (Å²) in [6.45, 7) is 2.28. The highest BCUT2D eigenvalue weighted by Gasteiger charge is 2.32. The first-order valence-corrected chi connectivity index (χ1v) is 8.52. The quantitative estimate of drug-likeness (QED) is 0.785. The van der Waals surface area contributed by atoms with Crippen molar-refractivity contribution in [2.75, 3.05) is 0 Å². The Morgan fingerprint density at radius 3 is 2.60 bits per heavy atom. The summed E-state index contributed by atoms with van der Waals surface area (Å²) in [4.78, 5) is 1.45. The van der Waals surface area contributed by atoms with Crippen LogP contribution in [0.2, 0.25) is 5.02 Å². The number of hydrogen-bond donors (Lipinski definition) is 1. The molecule has 1 heterocycles. The summed E-state index contributed by atoms with van der Waals surface area (Å²) in [5.74, 6) is 0.793. The second-order valence-corrected chi connectivity index (χ2v) is 7.19. The normalized spacial score (nSPS) is 17.9. The minimum atomic E-state index is 0.474. The molecule has 0 saturated heterocycles. The molecule has 3 heteroatoms. The minimum Gasteiger partial charge on any atom is -0.307 e. The number of halogens is 1. The molecule has 0 bridgehead atoms. The van der Waals surface area contributed by atoms with Crippen molar-refractivity contribution in [1.29, 1.82) is 0 Å². The highest BCUT2D eigenvalue weighted by atomic mass is 35.5. The molecule has 2 unspecified atom stereocenters. The molecule has 0 radical (unpaired) electrons. The van der Waals surface area contributed by atoms with Crippen LogP contribution in [0.3, 0.4) is 0 Å². The monoisotopic (exact) mass is 305 g/mol. The molecule has 1 aromatic heterocycles. The molecule has 106 valence electrons. The molecule has 0 aliphatic heterocycles. The van der Waals surface area contributed by atoms with Gasteiger partial charge in [0.15, 0.2) is 0 Å². The minimum absolute atomic E-state index is 0.474. The van der Waals surface area contributed by atoms with E-state index in [1.807, 2.05) is 23.5 Å². The van der Waals surface area contributed by atoms with E-state index >= 15 is 0 Å². The average Bonchev–Trinajstić information content (AvgIpc) is 3.16. The molecule has 2 aromatic rings. The van der Waals surface area contributed by atoms with Crippen molar-refractivity contribution < 1.29 is 0 Å². The van der Waals surface area contributed by atoms with Crippen LogP contribution in [0.5, 0.6) is 0 Å². The number of benzene rings is 1. The predicted octanol–water partition coefficient (Wildman–Crippen LogP) is 5.07. The molecule has 3 rings (SSSR count). The second-order valence-electron chi connectivity index (χ2n) is 5.72. The summed E-state index contributed by atoms with van der Waals surface area (Å²) in [6.07, 6.45) is 3.78. The van der Waals surface area contributed by atoms with Crippen LogP contribution in [0.15, 0.2) is 41.8 Å². The summed E-state index contributed by atoms with van der Waals surface area (Å²) in [6, 6.07) is 13.6.